The van der Waals surface area contributed by atoms with E-state index in [-0.39, 0.29) is 30.3 Å². The Morgan fingerprint density at radius 3 is 2.57 bits per heavy atom. The molecule has 1 N–H and O–H groups in total. The van der Waals surface area contributed by atoms with Crippen molar-refractivity contribution in [1.82, 2.24) is 14.5 Å². The molecule has 5 rings (SSSR count). The molecule has 1 amide bonds. The van der Waals surface area contributed by atoms with Crippen molar-refractivity contribution in [3.63, 3.8) is 0 Å². The number of hydrogen-bond donors (Lipinski definition) is 1. The molecule has 3 aromatic carbocycles. The lowest BCUT2D eigenvalue weighted by atomic mass is 9.93. The maximum Gasteiger partial charge on any atom is 0.264 e. The van der Waals surface area contributed by atoms with Crippen LogP contribution in [0.3, 0.4) is 0 Å². The molecule has 1 saturated heterocycles. The van der Waals surface area contributed by atoms with Crippen molar-refractivity contribution < 1.29 is 27.5 Å². The van der Waals surface area contributed by atoms with Crippen molar-refractivity contribution in [2.75, 3.05) is 32.2 Å². The number of fused-ring (bicyclic) bond motifs is 1. The van der Waals surface area contributed by atoms with E-state index in [9.17, 15) is 22.8 Å². The lowest BCUT2D eigenvalue weighted by Gasteiger charge is -2.31. The van der Waals surface area contributed by atoms with Crippen LogP contribution in [-0.4, -0.2) is 53.0 Å². The minimum absolute atomic E-state index is 0.0168. The van der Waals surface area contributed by atoms with E-state index in [1.807, 2.05) is 48.3 Å². The molecule has 42 heavy (non-hydrogen) atoms. The molecule has 2 unspecified atom stereocenters. The molecule has 1 aliphatic rings. The Labute approximate surface area is 242 Å². The number of ether oxygens (including phenoxy) is 1. The summed E-state index contributed by atoms with van der Waals surface area (Å²) >= 11 is 0. The molecule has 2 atom stereocenters. The minimum Gasteiger partial charge on any atom is -0.377 e. The van der Waals surface area contributed by atoms with Gasteiger partial charge in [-0.1, -0.05) is 60.7 Å². The second kappa shape index (κ2) is 13.3. The summed E-state index contributed by atoms with van der Waals surface area (Å²) < 4.78 is 49.5. The number of halogens is 3. The van der Waals surface area contributed by atoms with Gasteiger partial charge < -0.3 is 9.30 Å². The zero-order chi connectivity index (χ0) is 29.6. The van der Waals surface area contributed by atoms with Gasteiger partial charge in [0.05, 0.1) is 29.7 Å². The van der Waals surface area contributed by atoms with Crippen LogP contribution < -0.4 is 5.32 Å². The Kier molecular flexibility index (Phi) is 9.34. The fraction of sp³-hybridized carbons (Fsp3) is 0.344. The van der Waals surface area contributed by atoms with E-state index in [4.69, 9.17) is 9.72 Å². The summed E-state index contributed by atoms with van der Waals surface area (Å²) in [6.45, 7) is 0.531. The van der Waals surface area contributed by atoms with Gasteiger partial charge in [-0.15, -0.1) is 0 Å². The molecular weight excluding hydrogens is 545 g/mol. The molecule has 7 nitrogen and oxygen atoms in total. The second-order valence-corrected chi connectivity index (χ2v) is 10.5. The highest BCUT2D eigenvalue weighted by Gasteiger charge is 2.32. The van der Waals surface area contributed by atoms with Crippen LogP contribution in [0.2, 0.25) is 0 Å². The first kappa shape index (κ1) is 29.5. The fourth-order valence-electron chi connectivity index (χ4n) is 5.56. The van der Waals surface area contributed by atoms with Crippen LogP contribution in [0.4, 0.5) is 19.1 Å². The van der Waals surface area contributed by atoms with Gasteiger partial charge in [0.2, 0.25) is 5.95 Å². The van der Waals surface area contributed by atoms with Crippen LogP contribution in [0.5, 0.6) is 0 Å². The monoisotopic (exact) mass is 578 g/mol. The highest BCUT2D eigenvalue weighted by molar-refractivity contribution is 6.05. The topological polar surface area (TPSA) is 76.5 Å². The number of likely N-dealkylation sites (tertiary alicyclic amines) is 1. The Balaban J connectivity index is 1.51. The smallest absolute Gasteiger partial charge is 0.264 e. The molecule has 0 bridgehead atoms. The highest BCUT2D eigenvalue weighted by atomic mass is 19.3. The fourth-order valence-corrected chi connectivity index (χ4v) is 5.56. The van der Waals surface area contributed by atoms with Crippen LogP contribution in [-0.2, 0) is 16.1 Å². The maximum atomic E-state index is 14.7. The standard InChI is InChI=1S/C32H33F3N4O3/c1-38-17-8-15-27(40)29(38)25-13-7-14-26-28(25)36-32(37-31(41)24-12-6-5-11-23(24)30(34)35)39(26)22(19-33)16-18-42-20-21-9-3-2-4-10-21/h2-7,9-14,22,29-30H,8,15-20H2,1H3,(H,36,37,41). The summed E-state index contributed by atoms with van der Waals surface area (Å²) in [5.74, 6) is -0.713. The number of benzene rings is 3. The molecule has 2 heterocycles. The van der Waals surface area contributed by atoms with Gasteiger partial charge in [0.1, 0.15) is 6.67 Å². The molecule has 220 valence electrons. The number of alkyl halides is 3. The molecule has 1 aromatic heterocycles. The molecule has 0 saturated carbocycles. The average Bonchev–Trinajstić information content (AvgIpc) is 3.36. The predicted molar refractivity (Wildman–Crippen MR) is 154 cm³/mol. The number of anilines is 1. The van der Waals surface area contributed by atoms with Crippen molar-refractivity contribution in [3.05, 3.63) is 95.1 Å². The summed E-state index contributed by atoms with van der Waals surface area (Å²) in [5.41, 5.74) is 2.01. The number of nitrogens with zero attached hydrogens (tertiary/aromatic N) is 3. The first-order valence-electron chi connectivity index (χ1n) is 14.0. The lowest BCUT2D eigenvalue weighted by Crippen LogP contribution is -2.36. The van der Waals surface area contributed by atoms with Gasteiger partial charge in [-0.2, -0.15) is 0 Å². The maximum absolute atomic E-state index is 14.7. The van der Waals surface area contributed by atoms with Crippen LogP contribution >= 0.6 is 0 Å². The Bertz CT molecular complexity index is 1540. The molecule has 10 heteroatoms. The molecule has 4 aromatic rings. The summed E-state index contributed by atoms with van der Waals surface area (Å²) in [6.07, 6.45) is -1.40. The third-order valence-electron chi connectivity index (χ3n) is 7.64. The average molecular weight is 579 g/mol. The highest BCUT2D eigenvalue weighted by Crippen LogP contribution is 2.35. The number of Topliss-reactive ketones (excluding diaryl/α,β-unsaturated/α-hetero) is 1. The quantitative estimate of drug-likeness (QED) is 0.201. The van der Waals surface area contributed by atoms with E-state index in [1.165, 1.54) is 24.3 Å². The summed E-state index contributed by atoms with van der Waals surface area (Å²) in [6, 6.07) is 19.1. The first-order chi connectivity index (χ1) is 20.4. The predicted octanol–water partition coefficient (Wildman–Crippen LogP) is 6.68. The number of imidazole rings is 1. The second-order valence-electron chi connectivity index (χ2n) is 10.5. The van der Waals surface area contributed by atoms with Gasteiger partial charge in [0.25, 0.3) is 12.3 Å². The number of para-hydroxylation sites is 1. The summed E-state index contributed by atoms with van der Waals surface area (Å²) in [5, 5.41) is 2.67. The van der Waals surface area contributed by atoms with Gasteiger partial charge in [-0.3, -0.25) is 19.8 Å². The minimum atomic E-state index is -2.86. The summed E-state index contributed by atoms with van der Waals surface area (Å²) in [7, 11) is 1.87. The molecule has 1 fully saturated rings. The van der Waals surface area contributed by atoms with Gasteiger partial charge >= 0.3 is 0 Å². The normalized spacial score (nSPS) is 16.7. The number of piperidine rings is 1. The number of carbonyl (C=O) groups is 2. The number of ketones is 1. The van der Waals surface area contributed by atoms with Crippen LogP contribution in [0.25, 0.3) is 11.0 Å². The van der Waals surface area contributed by atoms with Gasteiger partial charge in [-0.25, -0.2) is 18.2 Å². The number of rotatable bonds is 11. The largest absolute Gasteiger partial charge is 0.377 e. The van der Waals surface area contributed by atoms with E-state index < -0.39 is 36.7 Å². The Morgan fingerprint density at radius 2 is 1.83 bits per heavy atom. The van der Waals surface area contributed by atoms with Crippen LogP contribution in [0.15, 0.2) is 72.8 Å². The Hall–Kier alpha value is -4.02. The number of aromatic nitrogens is 2. The molecule has 0 radical (unpaired) electrons. The third kappa shape index (κ3) is 6.24. The molecule has 0 spiro atoms. The number of nitrogens with one attached hydrogen (secondary N) is 1. The SMILES string of the molecule is CN1CCCC(=O)C1c1cccc2c1nc(NC(=O)c1ccccc1C(F)F)n2C(CF)CCOCc1ccccc1. The number of hydrogen-bond acceptors (Lipinski definition) is 5. The zero-order valence-electron chi connectivity index (χ0n) is 23.3. The van der Waals surface area contributed by atoms with Gasteiger partial charge in [-0.05, 0) is 44.1 Å². The van der Waals surface area contributed by atoms with E-state index in [1.54, 1.807) is 16.7 Å². The van der Waals surface area contributed by atoms with Gasteiger partial charge in [0, 0.05) is 29.7 Å². The van der Waals surface area contributed by atoms with E-state index in [0.29, 0.717) is 29.6 Å². The molecule has 0 aliphatic carbocycles. The van der Waals surface area contributed by atoms with Crippen molar-refractivity contribution in [2.24, 2.45) is 0 Å². The number of carbonyl (C=O) groups excluding carboxylic acids is 2. The Morgan fingerprint density at radius 1 is 1.07 bits per heavy atom. The van der Waals surface area contributed by atoms with Crippen molar-refractivity contribution in [3.8, 4) is 0 Å². The van der Waals surface area contributed by atoms with Crippen LogP contribution in [0.1, 0.15) is 64.8 Å². The number of likely N-dealkylation sites (N-methyl/N-ethyl adjacent to an activating group) is 1. The summed E-state index contributed by atoms with van der Waals surface area (Å²) in [4.78, 5) is 33.0. The van der Waals surface area contributed by atoms with Crippen molar-refractivity contribution >= 4 is 28.7 Å². The number of amides is 1. The zero-order valence-corrected chi connectivity index (χ0v) is 23.3. The third-order valence-corrected chi connectivity index (χ3v) is 7.64. The van der Waals surface area contributed by atoms with E-state index in [2.05, 4.69) is 5.32 Å². The molecular formula is C32H33F3N4O3. The lowest BCUT2D eigenvalue weighted by molar-refractivity contribution is -0.126. The first-order valence-corrected chi connectivity index (χ1v) is 14.0. The van der Waals surface area contributed by atoms with E-state index >= 15 is 0 Å². The van der Waals surface area contributed by atoms with Crippen molar-refractivity contribution in [1.29, 1.82) is 0 Å². The van der Waals surface area contributed by atoms with Crippen molar-refractivity contribution in [2.45, 2.75) is 44.4 Å². The molecule has 1 aliphatic heterocycles. The van der Waals surface area contributed by atoms with E-state index in [0.717, 1.165) is 18.5 Å². The van der Waals surface area contributed by atoms with Crippen LogP contribution in [0, 0.1) is 0 Å². The van der Waals surface area contributed by atoms with Gasteiger partial charge in [0.15, 0.2) is 5.78 Å².